The lowest BCUT2D eigenvalue weighted by molar-refractivity contribution is -0.121. The average molecular weight is 649 g/mol. The second-order valence-electron chi connectivity index (χ2n) is 11.6. The first-order valence-corrected chi connectivity index (χ1v) is 16.4. The van der Waals surface area contributed by atoms with Crippen molar-refractivity contribution < 1.29 is 28.6 Å². The Morgan fingerprint density at radius 2 is 1.48 bits per heavy atom. The highest BCUT2D eigenvalue weighted by Gasteiger charge is 2.31. The Kier molecular flexibility index (Phi) is 11.1. The van der Waals surface area contributed by atoms with Gasteiger partial charge in [-0.3, -0.25) is 14.5 Å². The molecule has 0 atom stereocenters. The minimum absolute atomic E-state index is 0.00330. The minimum atomic E-state index is -0.816. The second-order valence-corrected chi connectivity index (χ2v) is 11.6. The smallest absolute Gasteiger partial charge is 0.429 e. The highest BCUT2D eigenvalue weighted by Crippen LogP contribution is 2.33. The van der Waals surface area contributed by atoms with Crippen LogP contribution in [-0.2, 0) is 25.5 Å². The highest BCUT2D eigenvalue weighted by atomic mass is 16.7. The molecule has 2 fully saturated rings. The predicted octanol–water partition coefficient (Wildman–Crippen LogP) is 6.38. The van der Waals surface area contributed by atoms with Crippen LogP contribution in [0.4, 0.5) is 16.2 Å². The molecule has 4 aromatic carbocycles. The second kappa shape index (κ2) is 16.2. The Morgan fingerprint density at radius 1 is 0.792 bits per heavy atom. The summed E-state index contributed by atoms with van der Waals surface area (Å²) < 4.78 is 17.0. The van der Waals surface area contributed by atoms with Crippen LogP contribution in [0.3, 0.4) is 0 Å². The van der Waals surface area contributed by atoms with Crippen molar-refractivity contribution in [1.29, 1.82) is 0 Å². The molecule has 2 aliphatic rings. The molecular formula is C38H40N4O6. The van der Waals surface area contributed by atoms with E-state index in [1.165, 1.54) is 4.90 Å². The van der Waals surface area contributed by atoms with Gasteiger partial charge in [-0.1, -0.05) is 85.3 Å². The van der Waals surface area contributed by atoms with E-state index in [4.69, 9.17) is 14.2 Å². The van der Waals surface area contributed by atoms with Gasteiger partial charge in [-0.2, -0.15) is 0 Å². The van der Waals surface area contributed by atoms with E-state index in [1.54, 1.807) is 23.2 Å². The summed E-state index contributed by atoms with van der Waals surface area (Å²) in [6.07, 6.45) is 1.75. The summed E-state index contributed by atoms with van der Waals surface area (Å²) in [7, 11) is 0. The monoisotopic (exact) mass is 648 g/mol. The zero-order chi connectivity index (χ0) is 33.1. The normalized spacial score (nSPS) is 15.1. The lowest BCUT2D eigenvalue weighted by Crippen LogP contribution is -2.49. The zero-order valence-corrected chi connectivity index (χ0v) is 26.8. The number of carbonyl (C=O) groups excluding carboxylic acids is 3. The van der Waals surface area contributed by atoms with Gasteiger partial charge in [0, 0.05) is 36.4 Å². The van der Waals surface area contributed by atoms with Crippen LogP contribution < -0.4 is 15.2 Å². The molecule has 0 unspecified atom stereocenters. The topological polar surface area (TPSA) is 101 Å². The maximum absolute atomic E-state index is 13.6. The highest BCUT2D eigenvalue weighted by molar-refractivity contribution is 6.06. The van der Waals surface area contributed by atoms with Crippen molar-refractivity contribution in [3.8, 4) is 11.1 Å². The van der Waals surface area contributed by atoms with E-state index in [1.807, 2.05) is 96.0 Å². The Bertz CT molecular complexity index is 1670. The van der Waals surface area contributed by atoms with Gasteiger partial charge in [0.1, 0.15) is 6.61 Å². The van der Waals surface area contributed by atoms with Crippen molar-refractivity contribution in [3.63, 3.8) is 0 Å². The minimum Gasteiger partial charge on any atom is -0.448 e. The van der Waals surface area contributed by atoms with E-state index in [0.29, 0.717) is 24.5 Å². The first kappa shape index (κ1) is 32.9. The van der Waals surface area contributed by atoms with Crippen LogP contribution in [0.25, 0.3) is 11.1 Å². The van der Waals surface area contributed by atoms with Gasteiger partial charge in [0.05, 0.1) is 25.3 Å². The van der Waals surface area contributed by atoms with E-state index in [0.717, 1.165) is 54.7 Å². The molecule has 48 heavy (non-hydrogen) atoms. The summed E-state index contributed by atoms with van der Waals surface area (Å²) in [5.41, 5.74) is 4.51. The fourth-order valence-corrected chi connectivity index (χ4v) is 5.92. The average Bonchev–Trinajstić information content (AvgIpc) is 3.67. The first-order valence-electron chi connectivity index (χ1n) is 16.4. The summed E-state index contributed by atoms with van der Waals surface area (Å²) >= 11 is 0. The summed E-state index contributed by atoms with van der Waals surface area (Å²) in [5, 5.41) is 6.54. The third kappa shape index (κ3) is 8.09. The Labute approximate surface area is 280 Å². The molecule has 3 amide bonds. The summed E-state index contributed by atoms with van der Waals surface area (Å²) in [6.45, 7) is 2.42. The van der Waals surface area contributed by atoms with E-state index >= 15 is 0 Å². The van der Waals surface area contributed by atoms with Gasteiger partial charge in [0.25, 0.3) is 5.91 Å². The maximum Gasteiger partial charge on any atom is 0.429 e. The van der Waals surface area contributed by atoms with Gasteiger partial charge in [-0.05, 0) is 54.3 Å². The third-order valence-electron chi connectivity index (χ3n) is 8.29. The predicted molar refractivity (Wildman–Crippen MR) is 183 cm³/mol. The summed E-state index contributed by atoms with van der Waals surface area (Å²) in [5.74, 6) is -0.548. The van der Waals surface area contributed by atoms with E-state index in [-0.39, 0.29) is 31.4 Å². The number of hydrazine groups is 1. The van der Waals surface area contributed by atoms with E-state index in [9.17, 15) is 14.4 Å². The molecule has 0 aliphatic carbocycles. The molecule has 10 nitrogen and oxygen atoms in total. The van der Waals surface area contributed by atoms with Crippen molar-refractivity contribution in [2.75, 3.05) is 42.8 Å². The number of benzene rings is 4. The molecule has 0 aromatic heterocycles. The number of amides is 3. The molecule has 4 aromatic rings. The van der Waals surface area contributed by atoms with Gasteiger partial charge < -0.3 is 19.5 Å². The number of rotatable bonds is 11. The Balaban J connectivity index is 1.07. The van der Waals surface area contributed by atoms with E-state index in [2.05, 4.69) is 5.32 Å². The first-order chi connectivity index (χ1) is 23.6. The number of nitrogens with one attached hydrogen (secondary N) is 1. The summed E-state index contributed by atoms with van der Waals surface area (Å²) in [4.78, 5) is 41.6. The lowest BCUT2D eigenvalue weighted by Gasteiger charge is -2.37. The third-order valence-corrected chi connectivity index (χ3v) is 8.29. The molecule has 2 saturated heterocycles. The van der Waals surface area contributed by atoms with Crippen molar-refractivity contribution >= 4 is 29.3 Å². The van der Waals surface area contributed by atoms with Gasteiger partial charge in [0.15, 0.2) is 0 Å². The van der Waals surface area contributed by atoms with Crippen LogP contribution in [0.1, 0.15) is 41.6 Å². The maximum atomic E-state index is 13.6. The number of nitrogens with zero attached hydrogens (tertiary/aromatic N) is 3. The number of ether oxygens (including phenoxy) is 3. The van der Waals surface area contributed by atoms with Crippen LogP contribution >= 0.6 is 0 Å². The Hall–Kier alpha value is -5.03. The Morgan fingerprint density at radius 3 is 2.23 bits per heavy atom. The van der Waals surface area contributed by atoms with Crippen LogP contribution in [0.2, 0.25) is 0 Å². The zero-order valence-electron chi connectivity index (χ0n) is 26.8. The van der Waals surface area contributed by atoms with Crippen LogP contribution in [-0.4, -0.2) is 62.2 Å². The fourth-order valence-electron chi connectivity index (χ4n) is 5.92. The van der Waals surface area contributed by atoms with Crippen molar-refractivity contribution in [1.82, 2.24) is 10.3 Å². The van der Waals surface area contributed by atoms with Crippen LogP contribution in [0.15, 0.2) is 109 Å². The van der Waals surface area contributed by atoms with Crippen LogP contribution in [0.5, 0.6) is 0 Å². The van der Waals surface area contributed by atoms with Crippen LogP contribution in [0, 0.1) is 0 Å². The van der Waals surface area contributed by atoms with Gasteiger partial charge in [-0.25, -0.2) is 14.8 Å². The molecule has 6 rings (SSSR count). The fraction of sp³-hybridized carbons (Fsp3) is 0.289. The molecule has 0 spiro atoms. The largest absolute Gasteiger partial charge is 0.448 e. The lowest BCUT2D eigenvalue weighted by atomic mass is 10.0. The molecule has 2 aliphatic heterocycles. The molecule has 1 N–H and O–H groups in total. The van der Waals surface area contributed by atoms with Crippen molar-refractivity contribution in [2.45, 2.75) is 38.6 Å². The van der Waals surface area contributed by atoms with Crippen molar-refractivity contribution in [2.24, 2.45) is 0 Å². The number of hydrogen-bond donors (Lipinski definition) is 1. The molecule has 0 saturated carbocycles. The van der Waals surface area contributed by atoms with Gasteiger partial charge >= 0.3 is 6.09 Å². The molecule has 0 bridgehead atoms. The van der Waals surface area contributed by atoms with Crippen molar-refractivity contribution in [3.05, 3.63) is 120 Å². The molecular weight excluding hydrogens is 608 g/mol. The number of anilines is 2. The molecule has 10 heteroatoms. The number of hydrogen-bond acceptors (Lipinski definition) is 7. The van der Waals surface area contributed by atoms with E-state index < -0.39 is 12.5 Å². The molecule has 2 heterocycles. The molecule has 0 radical (unpaired) electrons. The number of piperidine rings is 1. The SMILES string of the molecule is O=C(CCOC(=O)N(c1ccccc1-c1ccccc1)N1CCCCC1)NCc1cccc(C(=O)N(c2ccccc2)C2OCCO2)c1. The standard InChI is InChI=1S/C38H40N4O6/c43-35(39-28-29-13-12-16-31(27-29)36(44)41(38-47-25-26-48-38)32-17-6-2-7-18-32)21-24-46-37(45)42(40-22-10-3-11-23-40)34-20-9-8-19-33(34)30-14-4-1-5-15-30/h1-2,4-9,12-20,27,38H,3,10-11,21-26,28H2,(H,39,43). The van der Waals surface area contributed by atoms with Gasteiger partial charge in [0.2, 0.25) is 12.3 Å². The number of carbonyl (C=O) groups is 3. The quantitative estimate of drug-likeness (QED) is 0.201. The van der Waals surface area contributed by atoms with Gasteiger partial charge in [-0.15, -0.1) is 0 Å². The number of para-hydroxylation sites is 2. The molecule has 248 valence electrons. The summed E-state index contributed by atoms with van der Waals surface area (Å²) in [6, 6.07) is 34.1.